The maximum Gasteiger partial charge on any atom is 0.199 e. The summed E-state index contributed by atoms with van der Waals surface area (Å²) in [6.45, 7) is 0. The van der Waals surface area contributed by atoms with Crippen molar-refractivity contribution in [2.24, 2.45) is 0 Å². The van der Waals surface area contributed by atoms with Gasteiger partial charge in [0.1, 0.15) is 11.6 Å². The van der Waals surface area contributed by atoms with Crippen molar-refractivity contribution in [2.45, 2.75) is 0 Å². The predicted molar refractivity (Wildman–Crippen MR) is 67.3 cm³/mol. The Labute approximate surface area is 113 Å². The van der Waals surface area contributed by atoms with Crippen LogP contribution in [-0.4, -0.2) is 24.1 Å². The molecule has 1 aliphatic rings. The molecule has 0 bridgehead atoms. The van der Waals surface area contributed by atoms with E-state index in [2.05, 4.69) is 0 Å². The highest BCUT2D eigenvalue weighted by atomic mass is 16.2. The lowest BCUT2D eigenvalue weighted by molar-refractivity contribution is 0.0987. The summed E-state index contributed by atoms with van der Waals surface area (Å²) in [6.07, 6.45) is 5.91. The minimum atomic E-state index is -0.708. The highest BCUT2D eigenvalue weighted by Crippen LogP contribution is 2.30. The first kappa shape index (κ1) is 13.1. The van der Waals surface area contributed by atoms with E-state index in [1.54, 1.807) is 6.07 Å². The SMILES string of the molecule is C#CC(C#N)=C1C(=O)c2cc(C=O)c(C=O)cc2C1=O. The molecule has 0 fully saturated rings. The van der Waals surface area contributed by atoms with Gasteiger partial charge in [0.2, 0.25) is 0 Å². The number of terminal acetylenes is 1. The molecule has 0 saturated carbocycles. The summed E-state index contributed by atoms with van der Waals surface area (Å²) in [5.41, 5.74) is -0.816. The van der Waals surface area contributed by atoms with Crippen LogP contribution in [0.2, 0.25) is 0 Å². The van der Waals surface area contributed by atoms with E-state index in [0.29, 0.717) is 12.6 Å². The third kappa shape index (κ3) is 1.66. The van der Waals surface area contributed by atoms with Gasteiger partial charge in [-0.3, -0.25) is 19.2 Å². The van der Waals surface area contributed by atoms with Gasteiger partial charge in [-0.1, -0.05) is 5.92 Å². The molecule has 0 N–H and O–H groups in total. The first-order valence-corrected chi connectivity index (χ1v) is 5.37. The van der Waals surface area contributed by atoms with E-state index in [1.165, 1.54) is 0 Å². The Kier molecular flexibility index (Phi) is 3.12. The Morgan fingerprint density at radius 1 is 1.05 bits per heavy atom. The molecule has 0 amide bonds. The van der Waals surface area contributed by atoms with Gasteiger partial charge in [0, 0.05) is 22.3 Å². The van der Waals surface area contributed by atoms with Crippen LogP contribution in [0.5, 0.6) is 0 Å². The number of aldehydes is 2. The van der Waals surface area contributed by atoms with Crippen LogP contribution < -0.4 is 0 Å². The van der Waals surface area contributed by atoms with E-state index in [-0.39, 0.29) is 27.8 Å². The average Bonchev–Trinajstić information content (AvgIpc) is 2.71. The fourth-order valence-electron chi connectivity index (χ4n) is 1.97. The Morgan fingerprint density at radius 3 is 1.80 bits per heavy atom. The van der Waals surface area contributed by atoms with Crippen LogP contribution in [0.3, 0.4) is 0 Å². The van der Waals surface area contributed by atoms with Gasteiger partial charge in [-0.05, 0) is 12.1 Å². The number of carbonyl (C=O) groups excluding carboxylic acids is 4. The highest BCUT2D eigenvalue weighted by molar-refractivity contribution is 6.40. The van der Waals surface area contributed by atoms with Crippen molar-refractivity contribution in [3.63, 3.8) is 0 Å². The standard InChI is InChI=1S/C15H5NO4/c1-2-8(5-16)13-14(19)11-3-9(6-17)10(7-18)4-12(11)15(13)20/h1,3-4,6-7H. The molecule has 1 aromatic rings. The molecule has 1 aromatic carbocycles. The van der Waals surface area contributed by atoms with Crippen molar-refractivity contribution in [3.05, 3.63) is 45.5 Å². The van der Waals surface area contributed by atoms with Gasteiger partial charge in [0.25, 0.3) is 0 Å². The van der Waals surface area contributed by atoms with Crippen molar-refractivity contribution >= 4 is 24.1 Å². The van der Waals surface area contributed by atoms with Gasteiger partial charge >= 0.3 is 0 Å². The Morgan fingerprint density at radius 2 is 1.50 bits per heavy atom. The molecule has 1 aliphatic carbocycles. The summed E-state index contributed by atoms with van der Waals surface area (Å²) in [7, 11) is 0. The number of carbonyl (C=O) groups is 4. The Hall–Kier alpha value is -3.31. The number of nitriles is 1. The number of Topliss-reactive ketones (excluding diaryl/α,β-unsaturated/α-hetero) is 2. The molecule has 0 spiro atoms. The molecule has 94 valence electrons. The summed E-state index contributed by atoms with van der Waals surface area (Å²) >= 11 is 0. The molecular formula is C15H5NO4. The molecule has 0 unspecified atom stereocenters. The number of rotatable bonds is 2. The molecule has 0 saturated heterocycles. The predicted octanol–water partition coefficient (Wildman–Crippen LogP) is 1.14. The van der Waals surface area contributed by atoms with Gasteiger partial charge in [-0.15, -0.1) is 6.42 Å². The first-order chi connectivity index (χ1) is 9.58. The van der Waals surface area contributed by atoms with E-state index >= 15 is 0 Å². The van der Waals surface area contributed by atoms with Crippen LogP contribution in [0.25, 0.3) is 0 Å². The van der Waals surface area contributed by atoms with Gasteiger partial charge < -0.3 is 0 Å². The van der Waals surface area contributed by atoms with Crippen LogP contribution in [0.15, 0.2) is 23.3 Å². The van der Waals surface area contributed by atoms with Gasteiger partial charge in [0.05, 0.1) is 5.57 Å². The minimum Gasteiger partial charge on any atom is -0.298 e. The van der Waals surface area contributed by atoms with Gasteiger partial charge in [-0.2, -0.15) is 5.26 Å². The highest BCUT2D eigenvalue weighted by Gasteiger charge is 2.36. The normalized spacial score (nSPS) is 12.4. The zero-order valence-corrected chi connectivity index (χ0v) is 9.97. The van der Waals surface area contributed by atoms with Crippen LogP contribution >= 0.6 is 0 Å². The van der Waals surface area contributed by atoms with Gasteiger partial charge in [0.15, 0.2) is 24.1 Å². The van der Waals surface area contributed by atoms with Gasteiger partial charge in [-0.25, -0.2) is 0 Å². The number of nitrogens with zero attached hydrogens (tertiary/aromatic N) is 1. The van der Waals surface area contributed by atoms with Crippen molar-refractivity contribution in [2.75, 3.05) is 0 Å². The van der Waals surface area contributed by atoms with Crippen molar-refractivity contribution in [3.8, 4) is 18.4 Å². The zero-order chi connectivity index (χ0) is 14.9. The number of benzene rings is 1. The second kappa shape index (κ2) is 4.75. The lowest BCUT2D eigenvalue weighted by Gasteiger charge is -2.00. The summed E-state index contributed by atoms with van der Waals surface area (Å²) in [6, 6.07) is 3.92. The molecular weight excluding hydrogens is 258 g/mol. The summed E-state index contributed by atoms with van der Waals surface area (Å²) < 4.78 is 0. The first-order valence-electron chi connectivity index (χ1n) is 5.37. The van der Waals surface area contributed by atoms with Crippen LogP contribution in [0.1, 0.15) is 41.4 Å². The molecule has 20 heavy (non-hydrogen) atoms. The lowest BCUT2D eigenvalue weighted by Crippen LogP contribution is -2.03. The van der Waals surface area contributed by atoms with Crippen LogP contribution in [0.4, 0.5) is 0 Å². The number of hydrogen-bond acceptors (Lipinski definition) is 5. The maximum absolute atomic E-state index is 12.1. The number of hydrogen-bond donors (Lipinski definition) is 0. The zero-order valence-electron chi connectivity index (χ0n) is 9.97. The largest absolute Gasteiger partial charge is 0.298 e. The quantitative estimate of drug-likeness (QED) is 0.262. The maximum atomic E-state index is 12.1. The number of allylic oxidation sites excluding steroid dienone is 2. The third-order valence-corrected chi connectivity index (χ3v) is 2.93. The van der Waals surface area contributed by atoms with Crippen molar-refractivity contribution in [1.82, 2.24) is 0 Å². The molecule has 5 nitrogen and oxygen atoms in total. The van der Waals surface area contributed by atoms with E-state index in [4.69, 9.17) is 11.7 Å². The Balaban J connectivity index is 2.81. The van der Waals surface area contributed by atoms with E-state index in [1.807, 2.05) is 5.92 Å². The van der Waals surface area contributed by atoms with E-state index in [9.17, 15) is 19.2 Å². The minimum absolute atomic E-state index is 0.000338. The molecule has 0 heterocycles. The topological polar surface area (TPSA) is 92.1 Å². The second-order valence-corrected chi connectivity index (χ2v) is 3.93. The fourth-order valence-corrected chi connectivity index (χ4v) is 1.97. The van der Waals surface area contributed by atoms with Crippen molar-refractivity contribution in [1.29, 1.82) is 5.26 Å². The van der Waals surface area contributed by atoms with E-state index < -0.39 is 17.1 Å². The molecule has 0 aliphatic heterocycles. The lowest BCUT2D eigenvalue weighted by atomic mass is 10.0. The molecule has 2 rings (SSSR count). The smallest absolute Gasteiger partial charge is 0.199 e. The molecule has 5 heteroatoms. The average molecular weight is 263 g/mol. The van der Waals surface area contributed by atoms with Crippen LogP contribution in [-0.2, 0) is 0 Å². The molecule has 0 aromatic heterocycles. The summed E-state index contributed by atoms with van der Waals surface area (Å²) in [4.78, 5) is 45.9. The molecule has 0 radical (unpaired) electrons. The number of ketones is 2. The molecule has 0 atom stereocenters. The number of fused-ring (bicyclic) bond motifs is 1. The van der Waals surface area contributed by atoms with Crippen molar-refractivity contribution < 1.29 is 19.2 Å². The third-order valence-electron chi connectivity index (χ3n) is 2.93. The second-order valence-electron chi connectivity index (χ2n) is 3.93. The summed E-state index contributed by atoms with van der Waals surface area (Å²) in [5, 5.41) is 8.84. The van der Waals surface area contributed by atoms with Crippen LogP contribution in [0, 0.1) is 23.7 Å². The van der Waals surface area contributed by atoms with E-state index in [0.717, 1.165) is 12.1 Å². The summed E-state index contributed by atoms with van der Waals surface area (Å²) in [5.74, 6) is 0.568. The Bertz CT molecular complexity index is 735. The monoisotopic (exact) mass is 263 g/mol. The fraction of sp³-hybridized carbons (Fsp3) is 0.